The van der Waals surface area contributed by atoms with Gasteiger partial charge in [0.15, 0.2) is 5.82 Å². The van der Waals surface area contributed by atoms with Crippen molar-refractivity contribution in [1.82, 2.24) is 20.0 Å². The molecule has 2 heterocycles. The molecule has 0 radical (unpaired) electrons. The maximum Gasteiger partial charge on any atom is 0.242 e. The molecule has 7 heteroatoms. The zero-order valence-electron chi connectivity index (χ0n) is 18.1. The molecule has 2 aromatic rings. The van der Waals surface area contributed by atoms with E-state index in [4.69, 9.17) is 0 Å². The SMILES string of the molecule is CCCN(CC(=O)N1CCN(c2ccc(-c3ccccc3)nn2)CC1)C(=O)C(C)C. The molecule has 1 aromatic carbocycles. The van der Waals surface area contributed by atoms with Gasteiger partial charge in [-0.15, -0.1) is 10.2 Å². The average molecular weight is 410 g/mol. The summed E-state index contributed by atoms with van der Waals surface area (Å²) in [4.78, 5) is 30.8. The van der Waals surface area contributed by atoms with E-state index in [-0.39, 0.29) is 24.3 Å². The van der Waals surface area contributed by atoms with Gasteiger partial charge in [-0.05, 0) is 18.6 Å². The summed E-state index contributed by atoms with van der Waals surface area (Å²) < 4.78 is 0. The van der Waals surface area contributed by atoms with Crippen LogP contribution >= 0.6 is 0 Å². The van der Waals surface area contributed by atoms with Crippen LogP contribution in [0.4, 0.5) is 5.82 Å². The summed E-state index contributed by atoms with van der Waals surface area (Å²) >= 11 is 0. The van der Waals surface area contributed by atoms with Gasteiger partial charge >= 0.3 is 0 Å². The second-order valence-electron chi connectivity index (χ2n) is 7.93. The minimum absolute atomic E-state index is 0.0163. The van der Waals surface area contributed by atoms with Crippen LogP contribution in [0.15, 0.2) is 42.5 Å². The van der Waals surface area contributed by atoms with E-state index >= 15 is 0 Å². The Morgan fingerprint density at radius 1 is 1.00 bits per heavy atom. The molecule has 0 bridgehead atoms. The highest BCUT2D eigenvalue weighted by molar-refractivity contribution is 5.85. The Labute approximate surface area is 178 Å². The van der Waals surface area contributed by atoms with E-state index < -0.39 is 0 Å². The van der Waals surface area contributed by atoms with Crippen molar-refractivity contribution in [3.63, 3.8) is 0 Å². The van der Waals surface area contributed by atoms with E-state index in [9.17, 15) is 9.59 Å². The minimum atomic E-state index is -0.0985. The van der Waals surface area contributed by atoms with Gasteiger partial charge in [0.25, 0.3) is 0 Å². The van der Waals surface area contributed by atoms with Crippen molar-refractivity contribution < 1.29 is 9.59 Å². The zero-order valence-corrected chi connectivity index (χ0v) is 18.1. The third-order valence-electron chi connectivity index (χ3n) is 5.30. The number of amides is 2. The standard InChI is InChI=1S/C23H31N5O2/c1-4-12-28(23(30)18(2)3)17-22(29)27-15-13-26(14-16-27)21-11-10-20(24-25-21)19-8-6-5-7-9-19/h5-11,18H,4,12-17H2,1-3H3. The fourth-order valence-electron chi connectivity index (χ4n) is 3.61. The number of piperazine rings is 1. The Morgan fingerprint density at radius 2 is 1.70 bits per heavy atom. The molecule has 30 heavy (non-hydrogen) atoms. The molecule has 1 saturated heterocycles. The second-order valence-corrected chi connectivity index (χ2v) is 7.93. The molecule has 160 valence electrons. The minimum Gasteiger partial charge on any atom is -0.352 e. The maximum absolute atomic E-state index is 12.7. The van der Waals surface area contributed by atoms with Gasteiger partial charge in [-0.1, -0.05) is 51.1 Å². The highest BCUT2D eigenvalue weighted by atomic mass is 16.2. The van der Waals surface area contributed by atoms with Gasteiger partial charge in [-0.3, -0.25) is 9.59 Å². The van der Waals surface area contributed by atoms with Crippen molar-refractivity contribution in [2.75, 3.05) is 44.2 Å². The summed E-state index contributed by atoms with van der Waals surface area (Å²) in [6, 6.07) is 13.9. The molecular weight excluding hydrogens is 378 g/mol. The lowest BCUT2D eigenvalue weighted by molar-refractivity contribution is -0.142. The molecule has 0 atom stereocenters. The van der Waals surface area contributed by atoms with Crippen LogP contribution in [0.3, 0.4) is 0 Å². The molecule has 1 aliphatic heterocycles. The monoisotopic (exact) mass is 409 g/mol. The van der Waals surface area contributed by atoms with Crippen molar-refractivity contribution in [3.05, 3.63) is 42.5 Å². The van der Waals surface area contributed by atoms with Gasteiger partial charge in [-0.2, -0.15) is 0 Å². The van der Waals surface area contributed by atoms with Gasteiger partial charge < -0.3 is 14.7 Å². The Balaban J connectivity index is 1.55. The van der Waals surface area contributed by atoms with Crippen LogP contribution in [-0.2, 0) is 9.59 Å². The first-order valence-electron chi connectivity index (χ1n) is 10.7. The summed E-state index contributed by atoms with van der Waals surface area (Å²) in [7, 11) is 0. The van der Waals surface area contributed by atoms with Gasteiger partial charge in [0.1, 0.15) is 0 Å². The molecule has 3 rings (SSSR count). The number of hydrogen-bond donors (Lipinski definition) is 0. The van der Waals surface area contributed by atoms with E-state index in [0.717, 1.165) is 23.5 Å². The molecule has 2 amide bonds. The lowest BCUT2D eigenvalue weighted by Crippen LogP contribution is -2.52. The van der Waals surface area contributed by atoms with Crippen LogP contribution in [0.5, 0.6) is 0 Å². The summed E-state index contributed by atoms with van der Waals surface area (Å²) in [6.07, 6.45) is 0.844. The number of carbonyl (C=O) groups excluding carboxylic acids is 2. The second kappa shape index (κ2) is 10.2. The number of aromatic nitrogens is 2. The average Bonchev–Trinajstić information content (AvgIpc) is 2.79. The van der Waals surface area contributed by atoms with Crippen LogP contribution in [0, 0.1) is 5.92 Å². The van der Waals surface area contributed by atoms with Crippen LogP contribution < -0.4 is 4.90 Å². The van der Waals surface area contributed by atoms with Gasteiger partial charge in [0.05, 0.1) is 12.2 Å². The number of anilines is 1. The van der Waals surface area contributed by atoms with E-state index in [0.29, 0.717) is 32.7 Å². The quantitative estimate of drug-likeness (QED) is 0.703. The molecule has 1 aliphatic rings. The first-order chi connectivity index (χ1) is 14.5. The first-order valence-corrected chi connectivity index (χ1v) is 10.7. The molecule has 0 N–H and O–H groups in total. The van der Waals surface area contributed by atoms with Gasteiger partial charge in [-0.25, -0.2) is 0 Å². The molecule has 0 aliphatic carbocycles. The molecule has 0 spiro atoms. The number of carbonyl (C=O) groups is 2. The fraction of sp³-hybridized carbons (Fsp3) is 0.478. The largest absolute Gasteiger partial charge is 0.352 e. The molecule has 7 nitrogen and oxygen atoms in total. The number of benzene rings is 1. The third-order valence-corrected chi connectivity index (χ3v) is 5.30. The number of hydrogen-bond acceptors (Lipinski definition) is 5. The topological polar surface area (TPSA) is 69.6 Å². The third kappa shape index (κ3) is 5.34. The predicted molar refractivity (Wildman–Crippen MR) is 118 cm³/mol. The summed E-state index contributed by atoms with van der Waals surface area (Å²) in [5.41, 5.74) is 1.89. The van der Waals surface area contributed by atoms with Crippen LogP contribution in [-0.4, -0.2) is 71.1 Å². The summed E-state index contributed by atoms with van der Waals surface area (Å²) in [6.45, 7) is 9.20. The van der Waals surface area contributed by atoms with E-state index in [1.54, 1.807) is 4.90 Å². The smallest absolute Gasteiger partial charge is 0.242 e. The van der Waals surface area contributed by atoms with Gasteiger partial charge in [0.2, 0.25) is 11.8 Å². The molecule has 0 unspecified atom stereocenters. The van der Waals surface area contributed by atoms with Crippen molar-refractivity contribution in [2.24, 2.45) is 5.92 Å². The Kier molecular flexibility index (Phi) is 7.38. The summed E-state index contributed by atoms with van der Waals surface area (Å²) in [5.74, 6) is 0.781. The maximum atomic E-state index is 12.7. The molecule has 1 aromatic heterocycles. The lowest BCUT2D eigenvalue weighted by Gasteiger charge is -2.36. The number of nitrogens with zero attached hydrogens (tertiary/aromatic N) is 5. The van der Waals surface area contributed by atoms with Crippen LogP contribution in [0.1, 0.15) is 27.2 Å². The van der Waals surface area contributed by atoms with Gasteiger partial charge in [0, 0.05) is 44.2 Å². The normalized spacial score (nSPS) is 14.1. The first kappa shape index (κ1) is 21.7. The molecular formula is C23H31N5O2. The highest BCUT2D eigenvalue weighted by Crippen LogP contribution is 2.19. The molecule has 1 fully saturated rings. The van der Waals surface area contributed by atoms with E-state index in [1.807, 2.05) is 68.1 Å². The van der Waals surface area contributed by atoms with E-state index in [2.05, 4.69) is 15.1 Å². The molecule has 0 saturated carbocycles. The van der Waals surface area contributed by atoms with Crippen molar-refractivity contribution in [1.29, 1.82) is 0 Å². The predicted octanol–water partition coefficient (Wildman–Crippen LogP) is 2.69. The van der Waals surface area contributed by atoms with Crippen molar-refractivity contribution >= 4 is 17.6 Å². The fourth-order valence-corrected chi connectivity index (χ4v) is 3.61. The Hall–Kier alpha value is -2.96. The Bertz CT molecular complexity index is 830. The lowest BCUT2D eigenvalue weighted by atomic mass is 10.1. The van der Waals surface area contributed by atoms with Crippen molar-refractivity contribution in [3.8, 4) is 11.3 Å². The van der Waals surface area contributed by atoms with Crippen LogP contribution in [0.2, 0.25) is 0 Å². The number of rotatable bonds is 7. The summed E-state index contributed by atoms with van der Waals surface area (Å²) in [5, 5.41) is 8.74. The van der Waals surface area contributed by atoms with Crippen LogP contribution in [0.25, 0.3) is 11.3 Å². The Morgan fingerprint density at radius 3 is 2.27 bits per heavy atom. The van der Waals surface area contributed by atoms with E-state index in [1.165, 1.54) is 0 Å². The zero-order chi connectivity index (χ0) is 21.5. The van der Waals surface area contributed by atoms with Crippen molar-refractivity contribution in [2.45, 2.75) is 27.2 Å². The highest BCUT2D eigenvalue weighted by Gasteiger charge is 2.26.